The van der Waals surface area contributed by atoms with E-state index in [0.717, 1.165) is 17.4 Å². The van der Waals surface area contributed by atoms with E-state index in [4.69, 9.17) is 16.3 Å². The van der Waals surface area contributed by atoms with E-state index in [2.05, 4.69) is 0 Å². The molecule has 10 heteroatoms. The topological polar surface area (TPSA) is 110 Å². The van der Waals surface area contributed by atoms with Gasteiger partial charge in [-0.2, -0.15) is 0 Å². The zero-order valence-corrected chi connectivity index (χ0v) is 18.4. The van der Waals surface area contributed by atoms with Crippen LogP contribution in [0.5, 0.6) is 5.75 Å². The second-order valence-corrected chi connectivity index (χ2v) is 8.88. The highest BCUT2D eigenvalue weighted by atomic mass is 35.5. The molecule has 0 spiro atoms. The van der Waals surface area contributed by atoms with Crippen LogP contribution >= 0.6 is 11.6 Å². The summed E-state index contributed by atoms with van der Waals surface area (Å²) in [4.78, 5) is 54.4. The van der Waals surface area contributed by atoms with Gasteiger partial charge in [-0.25, -0.2) is 4.90 Å². The summed E-state index contributed by atoms with van der Waals surface area (Å²) in [7, 11) is 1.36. The van der Waals surface area contributed by atoms with Gasteiger partial charge < -0.3 is 4.74 Å². The Hall–Kier alpha value is -3.30. The van der Waals surface area contributed by atoms with Gasteiger partial charge in [-0.3, -0.25) is 29.4 Å². The largest absolute Gasteiger partial charge is 0.495 e. The van der Waals surface area contributed by atoms with Crippen molar-refractivity contribution in [2.24, 2.45) is 11.8 Å². The van der Waals surface area contributed by atoms with Crippen molar-refractivity contribution in [2.75, 3.05) is 18.6 Å². The molecule has 2 aromatic rings. The number of hydrogen-bond acceptors (Lipinski definition) is 7. The highest BCUT2D eigenvalue weighted by molar-refractivity contribution is 6.30. The Balaban J connectivity index is 1.58. The van der Waals surface area contributed by atoms with Gasteiger partial charge in [0.05, 0.1) is 29.9 Å². The van der Waals surface area contributed by atoms with Crippen LogP contribution in [0.3, 0.4) is 0 Å². The molecule has 3 aliphatic heterocycles. The minimum absolute atomic E-state index is 0.0262. The first-order valence-corrected chi connectivity index (χ1v) is 11.0. The van der Waals surface area contributed by atoms with Crippen molar-refractivity contribution in [2.45, 2.75) is 24.9 Å². The summed E-state index contributed by atoms with van der Waals surface area (Å²) < 4.78 is 5.29. The first-order chi connectivity index (χ1) is 15.8. The normalized spacial score (nSPS) is 26.4. The predicted molar refractivity (Wildman–Crippen MR) is 118 cm³/mol. The Morgan fingerprint density at radius 3 is 2.48 bits per heavy atom. The number of ketones is 1. The number of amides is 2. The van der Waals surface area contributed by atoms with E-state index >= 15 is 0 Å². The number of hydrogen-bond donors (Lipinski definition) is 0. The molecular weight excluding hydrogens is 450 g/mol. The van der Waals surface area contributed by atoms with Crippen LogP contribution in [-0.2, 0) is 9.59 Å². The zero-order chi connectivity index (χ0) is 23.4. The molecular formula is C23H20ClN3O6. The van der Waals surface area contributed by atoms with Crippen LogP contribution < -0.4 is 9.64 Å². The van der Waals surface area contributed by atoms with Gasteiger partial charge in [-0.05, 0) is 49.7 Å². The molecule has 0 bridgehead atoms. The summed E-state index contributed by atoms with van der Waals surface area (Å²) in [5.74, 6) is -2.61. The number of nitro benzene ring substituents is 1. The number of non-ortho nitro benzene ring substituents is 1. The Kier molecular flexibility index (Phi) is 5.18. The summed E-state index contributed by atoms with van der Waals surface area (Å²) in [5, 5.41) is 11.8. The fraction of sp³-hybridized carbons (Fsp3) is 0.348. The van der Waals surface area contributed by atoms with Crippen molar-refractivity contribution in [3.05, 3.63) is 63.2 Å². The first kappa shape index (κ1) is 21.5. The second-order valence-electron chi connectivity index (χ2n) is 8.44. The maximum absolute atomic E-state index is 13.7. The van der Waals surface area contributed by atoms with Crippen LogP contribution in [0, 0.1) is 22.0 Å². The van der Waals surface area contributed by atoms with Gasteiger partial charge in [0, 0.05) is 28.8 Å². The average Bonchev–Trinajstić information content (AvgIpc) is 3.45. The van der Waals surface area contributed by atoms with Crippen molar-refractivity contribution in [3.8, 4) is 5.75 Å². The fourth-order valence-corrected chi connectivity index (χ4v) is 5.63. The van der Waals surface area contributed by atoms with Crippen LogP contribution in [0.15, 0.2) is 42.5 Å². The molecule has 3 saturated heterocycles. The lowest BCUT2D eigenvalue weighted by Gasteiger charge is -2.28. The molecule has 3 aliphatic rings. The van der Waals surface area contributed by atoms with Gasteiger partial charge in [-0.1, -0.05) is 11.6 Å². The third kappa shape index (κ3) is 3.22. The summed E-state index contributed by atoms with van der Waals surface area (Å²) in [5.41, 5.74) is 0.181. The lowest BCUT2D eigenvalue weighted by atomic mass is 9.85. The Morgan fingerprint density at radius 1 is 1.12 bits per heavy atom. The van der Waals surface area contributed by atoms with E-state index in [-0.39, 0.29) is 28.9 Å². The van der Waals surface area contributed by atoms with Gasteiger partial charge >= 0.3 is 0 Å². The highest BCUT2D eigenvalue weighted by Gasteiger charge is 2.65. The summed E-state index contributed by atoms with van der Waals surface area (Å²) in [6.07, 6.45) is 1.52. The predicted octanol–water partition coefficient (Wildman–Crippen LogP) is 3.09. The van der Waals surface area contributed by atoms with Crippen LogP contribution in [0.2, 0.25) is 5.02 Å². The molecule has 3 heterocycles. The fourth-order valence-electron chi connectivity index (χ4n) is 5.50. The second kappa shape index (κ2) is 7.93. The van der Waals surface area contributed by atoms with Crippen molar-refractivity contribution in [1.29, 1.82) is 0 Å². The Morgan fingerprint density at radius 2 is 1.82 bits per heavy atom. The molecule has 0 aromatic heterocycles. The van der Waals surface area contributed by atoms with Crippen molar-refractivity contribution in [3.63, 3.8) is 0 Å². The summed E-state index contributed by atoms with van der Waals surface area (Å²) >= 11 is 5.96. The molecule has 3 fully saturated rings. The minimum atomic E-state index is -0.866. The maximum atomic E-state index is 13.7. The molecule has 33 heavy (non-hydrogen) atoms. The standard InChI is InChI=1S/C23H20ClN3O6/c1-33-17-9-8-14(27(31)32)11-16(17)26-22(29)18-15-3-2-10-25(15)20(19(18)23(26)30)21(28)12-4-6-13(24)7-5-12/h4-9,11,15,18-20H,2-3,10H2,1H3/t15-,18+,19+,20-/m0/s1. The van der Waals surface area contributed by atoms with E-state index in [0.29, 0.717) is 23.6 Å². The highest BCUT2D eigenvalue weighted by Crippen LogP contribution is 2.50. The molecule has 9 nitrogen and oxygen atoms in total. The summed E-state index contributed by atoms with van der Waals surface area (Å²) in [6.45, 7) is 0.627. The lowest BCUT2D eigenvalue weighted by molar-refractivity contribution is -0.384. The lowest BCUT2D eigenvalue weighted by Crippen LogP contribution is -2.46. The van der Waals surface area contributed by atoms with Crippen molar-refractivity contribution >= 4 is 40.6 Å². The average molecular weight is 470 g/mol. The monoisotopic (exact) mass is 469 g/mol. The minimum Gasteiger partial charge on any atom is -0.495 e. The number of benzene rings is 2. The number of carbonyl (C=O) groups is 3. The molecule has 170 valence electrons. The number of nitrogens with zero attached hydrogens (tertiary/aromatic N) is 3. The Bertz CT molecular complexity index is 1180. The molecule has 0 N–H and O–H groups in total. The van der Waals surface area contributed by atoms with Crippen molar-refractivity contribution < 1.29 is 24.0 Å². The van der Waals surface area contributed by atoms with Crippen LogP contribution in [0.1, 0.15) is 23.2 Å². The number of methoxy groups -OCH3 is 1. The number of Topliss-reactive ketones (excluding diaryl/α,β-unsaturated/α-hetero) is 1. The number of imide groups is 1. The summed E-state index contributed by atoms with van der Waals surface area (Å²) in [6, 6.07) is 9.22. The quantitative estimate of drug-likeness (QED) is 0.286. The molecule has 0 aliphatic carbocycles. The maximum Gasteiger partial charge on any atom is 0.271 e. The zero-order valence-electron chi connectivity index (χ0n) is 17.6. The number of halogens is 1. The molecule has 0 unspecified atom stereocenters. The molecule has 4 atom stereocenters. The third-order valence-electron chi connectivity index (χ3n) is 6.86. The molecule has 2 amide bonds. The van der Waals surface area contributed by atoms with Crippen molar-refractivity contribution in [1.82, 2.24) is 4.90 Å². The van der Waals surface area contributed by atoms with Crippen LogP contribution in [0.4, 0.5) is 11.4 Å². The number of carbonyl (C=O) groups excluding carboxylic acids is 3. The number of ether oxygens (including phenoxy) is 1. The van der Waals surface area contributed by atoms with Gasteiger partial charge in [-0.15, -0.1) is 0 Å². The van der Waals surface area contributed by atoms with E-state index in [1.165, 1.54) is 19.2 Å². The Labute approximate surface area is 194 Å². The number of anilines is 1. The smallest absolute Gasteiger partial charge is 0.271 e. The van der Waals surface area contributed by atoms with Gasteiger partial charge in [0.1, 0.15) is 11.4 Å². The van der Waals surface area contributed by atoms with E-state index in [1.807, 2.05) is 4.90 Å². The number of nitro groups is 1. The van der Waals surface area contributed by atoms with E-state index < -0.39 is 34.6 Å². The van der Waals surface area contributed by atoms with Crippen LogP contribution in [-0.4, -0.2) is 53.2 Å². The molecule has 0 saturated carbocycles. The SMILES string of the molecule is COc1ccc([N+](=O)[O-])cc1N1C(=O)[C@@H]2[C@H](C1=O)[C@@H]1CCCN1[C@@H]2C(=O)c1ccc(Cl)cc1. The number of rotatable bonds is 5. The molecule has 2 aromatic carbocycles. The number of fused-ring (bicyclic) bond motifs is 3. The first-order valence-electron chi connectivity index (χ1n) is 10.6. The molecule has 5 rings (SSSR count). The molecule has 0 radical (unpaired) electrons. The van der Waals surface area contributed by atoms with E-state index in [1.54, 1.807) is 24.3 Å². The van der Waals surface area contributed by atoms with Gasteiger partial charge in [0.15, 0.2) is 5.78 Å². The van der Waals surface area contributed by atoms with E-state index in [9.17, 15) is 24.5 Å². The van der Waals surface area contributed by atoms with Gasteiger partial charge in [0.25, 0.3) is 5.69 Å². The van der Waals surface area contributed by atoms with Gasteiger partial charge in [0.2, 0.25) is 11.8 Å². The van der Waals surface area contributed by atoms with Crippen LogP contribution in [0.25, 0.3) is 0 Å². The third-order valence-corrected chi connectivity index (χ3v) is 7.12.